The smallest absolute Gasteiger partial charge is 0.283 e. The molecule has 1 N–H and O–H groups in total. The summed E-state index contributed by atoms with van der Waals surface area (Å²) in [5.41, 5.74) is 1.16. The fourth-order valence-corrected chi connectivity index (χ4v) is 3.41. The first kappa shape index (κ1) is 21.9. The number of hydrogen-bond donors (Lipinski definition) is 1. The molecule has 0 fully saturated rings. The van der Waals surface area contributed by atoms with Crippen LogP contribution in [0.25, 0.3) is 11.2 Å². The number of nitrogens with zero attached hydrogens (tertiary/aromatic N) is 5. The van der Waals surface area contributed by atoms with Gasteiger partial charge in [0, 0.05) is 12.1 Å². The summed E-state index contributed by atoms with van der Waals surface area (Å²) < 4.78 is 26.6. The highest BCUT2D eigenvalue weighted by Gasteiger charge is 2.15. The van der Waals surface area contributed by atoms with Crippen LogP contribution in [0.3, 0.4) is 0 Å². The number of rotatable bonds is 8. The zero-order chi connectivity index (χ0) is 23.4. The van der Waals surface area contributed by atoms with E-state index in [0.29, 0.717) is 17.1 Å². The van der Waals surface area contributed by atoms with E-state index in [1.165, 1.54) is 37.4 Å². The second kappa shape index (κ2) is 9.47. The van der Waals surface area contributed by atoms with Crippen LogP contribution in [-0.2, 0) is 24.4 Å². The highest BCUT2D eigenvalue weighted by atomic mass is 19.1. The van der Waals surface area contributed by atoms with Crippen molar-refractivity contribution in [3.05, 3.63) is 76.1 Å². The Labute approximate surface area is 187 Å². The molecule has 4 aromatic rings. The molecule has 0 spiro atoms. The molecule has 170 valence electrons. The molecule has 0 saturated carbocycles. The molecule has 0 aliphatic carbocycles. The first-order valence-corrected chi connectivity index (χ1v) is 9.99. The lowest BCUT2D eigenvalue weighted by Gasteiger charge is -2.13. The van der Waals surface area contributed by atoms with Gasteiger partial charge in [0.15, 0.2) is 22.7 Å². The van der Waals surface area contributed by atoms with Crippen molar-refractivity contribution in [1.82, 2.24) is 29.9 Å². The van der Waals surface area contributed by atoms with Gasteiger partial charge in [-0.15, -0.1) is 5.10 Å². The van der Waals surface area contributed by atoms with Gasteiger partial charge in [0.25, 0.3) is 5.56 Å². The molecule has 4 rings (SSSR count). The van der Waals surface area contributed by atoms with Gasteiger partial charge >= 0.3 is 0 Å². The maximum Gasteiger partial charge on any atom is 0.283 e. The fraction of sp³-hybridized carbons (Fsp3) is 0.227. The fourth-order valence-electron chi connectivity index (χ4n) is 3.41. The van der Waals surface area contributed by atoms with Gasteiger partial charge in [0.2, 0.25) is 5.91 Å². The quantitative estimate of drug-likeness (QED) is 0.431. The molecule has 10 nitrogen and oxygen atoms in total. The number of benzene rings is 2. The van der Waals surface area contributed by atoms with Crippen LogP contribution < -0.4 is 20.3 Å². The Balaban J connectivity index is 1.48. The van der Waals surface area contributed by atoms with Crippen molar-refractivity contribution in [2.45, 2.75) is 19.6 Å². The highest BCUT2D eigenvalue weighted by Crippen LogP contribution is 2.30. The molecule has 0 unspecified atom stereocenters. The third-order valence-corrected chi connectivity index (χ3v) is 4.99. The molecular weight excluding hydrogens is 431 g/mol. The van der Waals surface area contributed by atoms with Gasteiger partial charge in [-0.1, -0.05) is 29.5 Å². The van der Waals surface area contributed by atoms with Crippen molar-refractivity contribution < 1.29 is 18.7 Å². The molecular formula is C22H21FN6O4. The second-order valence-electron chi connectivity index (χ2n) is 7.16. The number of halogens is 1. The van der Waals surface area contributed by atoms with E-state index in [2.05, 4.69) is 20.6 Å². The van der Waals surface area contributed by atoms with E-state index in [4.69, 9.17) is 9.47 Å². The van der Waals surface area contributed by atoms with Gasteiger partial charge in [-0.2, -0.15) is 0 Å². The van der Waals surface area contributed by atoms with Crippen LogP contribution in [0.15, 0.2) is 53.6 Å². The van der Waals surface area contributed by atoms with E-state index in [9.17, 15) is 14.0 Å². The topological polar surface area (TPSA) is 113 Å². The monoisotopic (exact) mass is 452 g/mol. The Kier molecular flexibility index (Phi) is 6.29. The Morgan fingerprint density at radius 3 is 2.73 bits per heavy atom. The predicted octanol–water partition coefficient (Wildman–Crippen LogP) is 1.51. The molecule has 2 aromatic carbocycles. The van der Waals surface area contributed by atoms with Crippen LogP contribution in [0.1, 0.15) is 11.1 Å². The summed E-state index contributed by atoms with van der Waals surface area (Å²) in [6.45, 7) is 0.145. The average Bonchev–Trinajstić information content (AvgIpc) is 3.22. The Morgan fingerprint density at radius 2 is 1.97 bits per heavy atom. The molecule has 0 saturated heterocycles. The van der Waals surface area contributed by atoms with E-state index in [1.807, 2.05) is 0 Å². The summed E-state index contributed by atoms with van der Waals surface area (Å²) in [7, 11) is 3.05. The molecule has 11 heteroatoms. The second-order valence-corrected chi connectivity index (χ2v) is 7.16. The van der Waals surface area contributed by atoms with Crippen molar-refractivity contribution in [3.63, 3.8) is 0 Å². The number of nitrogens with one attached hydrogen (secondary N) is 1. The molecule has 2 aromatic heterocycles. The maximum atomic E-state index is 13.4. The average molecular weight is 452 g/mol. The van der Waals surface area contributed by atoms with Crippen molar-refractivity contribution in [2.75, 3.05) is 14.2 Å². The number of methoxy groups -OCH3 is 2. The Bertz CT molecular complexity index is 1370. The van der Waals surface area contributed by atoms with Crippen LogP contribution in [0, 0.1) is 5.82 Å². The van der Waals surface area contributed by atoms with Gasteiger partial charge in [-0.3, -0.25) is 14.2 Å². The van der Waals surface area contributed by atoms with Gasteiger partial charge < -0.3 is 14.8 Å². The number of para-hydroxylation sites is 1. The summed E-state index contributed by atoms with van der Waals surface area (Å²) in [4.78, 5) is 29.5. The number of ether oxygens (including phenoxy) is 2. The van der Waals surface area contributed by atoms with Crippen LogP contribution >= 0.6 is 0 Å². The molecule has 0 aliphatic heterocycles. The normalized spacial score (nSPS) is 10.9. The number of hydrogen-bond acceptors (Lipinski definition) is 7. The number of carbonyl (C=O) groups is 1. The van der Waals surface area contributed by atoms with Crippen molar-refractivity contribution >= 4 is 17.1 Å². The number of carbonyl (C=O) groups excluding carboxylic acids is 1. The lowest BCUT2D eigenvalue weighted by Crippen LogP contribution is -2.32. The summed E-state index contributed by atoms with van der Waals surface area (Å²) in [6.07, 6.45) is 1.27. The van der Waals surface area contributed by atoms with Gasteiger partial charge in [0.05, 0.1) is 20.8 Å². The van der Waals surface area contributed by atoms with Gasteiger partial charge in [-0.25, -0.2) is 14.1 Å². The predicted molar refractivity (Wildman–Crippen MR) is 116 cm³/mol. The largest absolute Gasteiger partial charge is 0.493 e. The molecule has 0 radical (unpaired) electrons. The van der Waals surface area contributed by atoms with E-state index in [-0.39, 0.29) is 36.6 Å². The number of amides is 1. The summed E-state index contributed by atoms with van der Waals surface area (Å²) in [5, 5.41) is 10.6. The highest BCUT2D eigenvalue weighted by molar-refractivity contribution is 5.76. The minimum Gasteiger partial charge on any atom is -0.493 e. The molecule has 2 heterocycles. The van der Waals surface area contributed by atoms with Crippen LogP contribution in [0.2, 0.25) is 0 Å². The minimum absolute atomic E-state index is 0.0242. The molecule has 0 atom stereocenters. The van der Waals surface area contributed by atoms with Crippen molar-refractivity contribution in [2.24, 2.45) is 0 Å². The first-order chi connectivity index (χ1) is 16.0. The van der Waals surface area contributed by atoms with Gasteiger partial charge in [-0.05, 0) is 23.8 Å². The van der Waals surface area contributed by atoms with Crippen molar-refractivity contribution in [1.29, 1.82) is 0 Å². The van der Waals surface area contributed by atoms with Crippen LogP contribution in [0.4, 0.5) is 4.39 Å². The number of aromatic nitrogens is 5. The van der Waals surface area contributed by atoms with E-state index in [0.717, 1.165) is 10.1 Å². The third-order valence-electron chi connectivity index (χ3n) is 4.99. The molecule has 33 heavy (non-hydrogen) atoms. The van der Waals surface area contributed by atoms with Crippen LogP contribution in [-0.4, -0.2) is 44.7 Å². The van der Waals surface area contributed by atoms with Gasteiger partial charge in [0.1, 0.15) is 18.7 Å². The lowest BCUT2D eigenvalue weighted by molar-refractivity contribution is -0.121. The Morgan fingerprint density at radius 1 is 1.15 bits per heavy atom. The summed E-state index contributed by atoms with van der Waals surface area (Å²) in [6, 6.07) is 11.4. The minimum atomic E-state index is -0.500. The van der Waals surface area contributed by atoms with Crippen molar-refractivity contribution in [3.8, 4) is 11.5 Å². The Hall–Kier alpha value is -4.28. The zero-order valence-electron chi connectivity index (χ0n) is 18.0. The zero-order valence-corrected chi connectivity index (χ0v) is 18.0. The van der Waals surface area contributed by atoms with E-state index >= 15 is 0 Å². The summed E-state index contributed by atoms with van der Waals surface area (Å²) in [5.74, 6) is 0.312. The van der Waals surface area contributed by atoms with Crippen LogP contribution in [0.5, 0.6) is 11.5 Å². The lowest BCUT2D eigenvalue weighted by atomic mass is 10.2. The first-order valence-electron chi connectivity index (χ1n) is 9.99. The number of fused-ring (bicyclic) bond motifs is 1. The molecule has 0 aliphatic rings. The summed E-state index contributed by atoms with van der Waals surface area (Å²) >= 11 is 0. The molecule has 1 amide bonds. The maximum absolute atomic E-state index is 13.4. The SMILES string of the molecule is COc1cccc(CNC(=O)Cn2cnc3c(nnn3Cc3cccc(F)c3)c2=O)c1OC. The van der Waals surface area contributed by atoms with E-state index < -0.39 is 11.5 Å². The van der Waals surface area contributed by atoms with E-state index in [1.54, 1.807) is 30.3 Å². The third kappa shape index (κ3) is 4.66. The standard InChI is InChI=1S/C22H21FN6O4/c1-32-17-8-4-6-15(20(17)33-2)10-24-18(30)12-28-13-25-21-19(22(28)31)26-27-29(21)11-14-5-3-7-16(23)9-14/h3-9,13H,10-12H2,1-2H3,(H,24,30). The molecule has 0 bridgehead atoms.